The molecular weight excluding hydrogens is 306 g/mol. The molecular formula is C15H24ClN3O3. The van der Waals surface area contributed by atoms with Crippen molar-refractivity contribution in [2.24, 2.45) is 11.7 Å². The van der Waals surface area contributed by atoms with Crippen LogP contribution in [0.4, 0.5) is 5.69 Å². The fraction of sp³-hybridized carbons (Fsp3) is 0.533. The lowest BCUT2D eigenvalue weighted by Gasteiger charge is -2.22. The van der Waals surface area contributed by atoms with E-state index in [1.165, 1.54) is 18.2 Å². The highest BCUT2D eigenvalue weighted by Gasteiger charge is 2.18. The van der Waals surface area contributed by atoms with E-state index >= 15 is 0 Å². The maximum atomic E-state index is 12.3. The van der Waals surface area contributed by atoms with Crippen molar-refractivity contribution in [3.05, 3.63) is 39.4 Å². The van der Waals surface area contributed by atoms with Crippen LogP contribution in [0.15, 0.2) is 18.2 Å². The van der Waals surface area contributed by atoms with Gasteiger partial charge in [0, 0.05) is 37.3 Å². The summed E-state index contributed by atoms with van der Waals surface area (Å²) in [5.41, 5.74) is 7.06. The molecule has 124 valence electrons. The number of nitrogens with zero attached hydrogens (tertiary/aromatic N) is 2. The third-order valence-corrected chi connectivity index (χ3v) is 3.65. The Morgan fingerprint density at radius 2 is 2.00 bits per heavy atom. The van der Waals surface area contributed by atoms with Crippen molar-refractivity contribution < 1.29 is 9.72 Å². The van der Waals surface area contributed by atoms with Crippen molar-refractivity contribution >= 4 is 24.0 Å². The Morgan fingerprint density at radius 1 is 1.41 bits per heavy atom. The van der Waals surface area contributed by atoms with Crippen molar-refractivity contribution in [1.29, 1.82) is 0 Å². The summed E-state index contributed by atoms with van der Waals surface area (Å²) >= 11 is 0. The predicted molar refractivity (Wildman–Crippen MR) is 89.5 cm³/mol. The molecule has 1 atom stereocenters. The molecule has 0 heterocycles. The maximum Gasteiger partial charge on any atom is 0.269 e. The molecule has 0 aliphatic carbocycles. The molecule has 0 aliphatic heterocycles. The maximum absolute atomic E-state index is 12.3. The number of rotatable bonds is 6. The summed E-state index contributed by atoms with van der Waals surface area (Å²) in [5, 5.41) is 10.7. The summed E-state index contributed by atoms with van der Waals surface area (Å²) in [5.74, 6) is 0.230. The number of carbonyl (C=O) groups is 1. The summed E-state index contributed by atoms with van der Waals surface area (Å²) in [6.07, 6.45) is 0.728. The van der Waals surface area contributed by atoms with E-state index in [1.807, 2.05) is 13.8 Å². The van der Waals surface area contributed by atoms with Gasteiger partial charge in [-0.25, -0.2) is 0 Å². The molecule has 1 amide bonds. The Hall–Kier alpha value is -1.66. The van der Waals surface area contributed by atoms with E-state index in [0.29, 0.717) is 23.6 Å². The lowest BCUT2D eigenvalue weighted by molar-refractivity contribution is -0.384. The van der Waals surface area contributed by atoms with Gasteiger partial charge >= 0.3 is 0 Å². The fourth-order valence-electron chi connectivity index (χ4n) is 1.98. The van der Waals surface area contributed by atoms with Gasteiger partial charge in [-0.1, -0.05) is 13.8 Å². The summed E-state index contributed by atoms with van der Waals surface area (Å²) in [4.78, 5) is 24.2. The molecule has 6 nitrogen and oxygen atoms in total. The van der Waals surface area contributed by atoms with E-state index in [1.54, 1.807) is 18.9 Å². The van der Waals surface area contributed by atoms with Gasteiger partial charge in [0.2, 0.25) is 0 Å². The third kappa shape index (κ3) is 5.27. The number of nitrogens with two attached hydrogens (primary N) is 1. The van der Waals surface area contributed by atoms with Gasteiger partial charge in [0.05, 0.1) is 4.92 Å². The smallest absolute Gasteiger partial charge is 0.269 e. The van der Waals surface area contributed by atoms with Crippen molar-refractivity contribution in [1.82, 2.24) is 4.90 Å². The number of carbonyl (C=O) groups excluding carboxylic acids is 1. The van der Waals surface area contributed by atoms with Crippen LogP contribution in [0.2, 0.25) is 0 Å². The van der Waals surface area contributed by atoms with Crippen LogP contribution < -0.4 is 5.73 Å². The second kappa shape index (κ2) is 8.70. The first-order chi connectivity index (χ1) is 9.73. The zero-order valence-electron chi connectivity index (χ0n) is 13.4. The number of halogens is 1. The largest absolute Gasteiger partial charge is 0.342 e. The second-order valence-corrected chi connectivity index (χ2v) is 5.68. The highest BCUT2D eigenvalue weighted by molar-refractivity contribution is 5.95. The van der Waals surface area contributed by atoms with Crippen LogP contribution in [-0.2, 0) is 0 Å². The number of benzene rings is 1. The van der Waals surface area contributed by atoms with Gasteiger partial charge < -0.3 is 10.6 Å². The molecule has 0 aliphatic rings. The van der Waals surface area contributed by atoms with E-state index in [2.05, 4.69) is 0 Å². The van der Waals surface area contributed by atoms with Crippen LogP contribution in [-0.4, -0.2) is 35.4 Å². The second-order valence-electron chi connectivity index (χ2n) is 5.68. The normalized spacial score (nSPS) is 11.7. The van der Waals surface area contributed by atoms with Crippen LogP contribution in [0, 0.1) is 23.0 Å². The monoisotopic (exact) mass is 329 g/mol. The Labute approximate surface area is 137 Å². The van der Waals surface area contributed by atoms with Crippen LogP contribution in [0.3, 0.4) is 0 Å². The Bertz CT molecular complexity index is 535. The molecule has 0 bridgehead atoms. The molecule has 7 heteroatoms. The molecule has 0 spiro atoms. The molecule has 1 rings (SSSR count). The molecule has 0 fully saturated rings. The minimum atomic E-state index is -0.466. The SMILES string of the molecule is Cc1cc([N+](=O)[O-])ccc1C(=O)N(C)CCC(N)C(C)C.Cl. The van der Waals surface area contributed by atoms with Crippen molar-refractivity contribution in [2.45, 2.75) is 33.2 Å². The Kier molecular flexibility index (Phi) is 8.05. The first-order valence-corrected chi connectivity index (χ1v) is 7.00. The molecule has 1 unspecified atom stereocenters. The molecule has 2 N–H and O–H groups in total. The third-order valence-electron chi connectivity index (χ3n) is 3.65. The van der Waals surface area contributed by atoms with E-state index in [9.17, 15) is 14.9 Å². The number of non-ortho nitro benzene ring substituents is 1. The predicted octanol–water partition coefficient (Wildman–Crippen LogP) is 2.77. The molecule has 1 aromatic carbocycles. The van der Waals surface area contributed by atoms with Gasteiger partial charge in [-0.3, -0.25) is 14.9 Å². The van der Waals surface area contributed by atoms with Gasteiger partial charge in [-0.05, 0) is 30.9 Å². The highest BCUT2D eigenvalue weighted by Crippen LogP contribution is 2.18. The summed E-state index contributed by atoms with van der Waals surface area (Å²) in [7, 11) is 1.72. The first-order valence-electron chi connectivity index (χ1n) is 7.00. The quantitative estimate of drug-likeness (QED) is 0.642. The van der Waals surface area contributed by atoms with Gasteiger partial charge in [0.1, 0.15) is 0 Å². The molecule has 0 radical (unpaired) electrons. The number of hydrogen-bond donors (Lipinski definition) is 1. The number of amides is 1. The van der Waals surface area contributed by atoms with Gasteiger partial charge in [-0.15, -0.1) is 12.4 Å². The number of aryl methyl sites for hydroxylation is 1. The van der Waals surface area contributed by atoms with Gasteiger partial charge in [0.15, 0.2) is 0 Å². The molecule has 0 saturated carbocycles. The summed E-state index contributed by atoms with van der Waals surface area (Å²) < 4.78 is 0. The van der Waals surface area contributed by atoms with Crippen LogP contribution in [0.25, 0.3) is 0 Å². The molecule has 22 heavy (non-hydrogen) atoms. The lowest BCUT2D eigenvalue weighted by atomic mass is 10.0. The summed E-state index contributed by atoms with van der Waals surface area (Å²) in [6.45, 7) is 6.36. The van der Waals surface area contributed by atoms with E-state index in [0.717, 1.165) is 6.42 Å². The van der Waals surface area contributed by atoms with Crippen LogP contribution in [0.1, 0.15) is 36.2 Å². The lowest BCUT2D eigenvalue weighted by Crippen LogP contribution is -2.34. The average Bonchev–Trinajstić information content (AvgIpc) is 2.43. The van der Waals surface area contributed by atoms with E-state index in [-0.39, 0.29) is 30.0 Å². The summed E-state index contributed by atoms with van der Waals surface area (Å²) in [6, 6.07) is 4.34. The number of hydrogen-bond acceptors (Lipinski definition) is 4. The topological polar surface area (TPSA) is 89.5 Å². The molecule has 0 aromatic heterocycles. The van der Waals surface area contributed by atoms with Crippen LogP contribution >= 0.6 is 12.4 Å². The van der Waals surface area contributed by atoms with Gasteiger partial charge in [-0.2, -0.15) is 0 Å². The fourth-order valence-corrected chi connectivity index (χ4v) is 1.98. The molecule has 0 saturated heterocycles. The minimum absolute atomic E-state index is 0. The minimum Gasteiger partial charge on any atom is -0.342 e. The van der Waals surface area contributed by atoms with E-state index in [4.69, 9.17) is 5.73 Å². The van der Waals surface area contributed by atoms with E-state index < -0.39 is 4.92 Å². The zero-order valence-corrected chi connectivity index (χ0v) is 14.2. The average molecular weight is 330 g/mol. The highest BCUT2D eigenvalue weighted by atomic mass is 35.5. The van der Waals surface area contributed by atoms with Crippen molar-refractivity contribution in [2.75, 3.05) is 13.6 Å². The van der Waals surface area contributed by atoms with Gasteiger partial charge in [0.25, 0.3) is 11.6 Å². The number of nitro groups is 1. The molecule has 1 aromatic rings. The van der Waals surface area contributed by atoms with Crippen LogP contribution in [0.5, 0.6) is 0 Å². The standard InChI is InChI=1S/C15H23N3O3.ClH/c1-10(2)14(16)7-8-17(4)15(19)13-6-5-12(18(20)21)9-11(13)3;/h5-6,9-10,14H,7-8,16H2,1-4H3;1H. The first kappa shape index (κ1) is 20.3. The van der Waals surface area contributed by atoms with Crippen molar-refractivity contribution in [3.63, 3.8) is 0 Å². The zero-order chi connectivity index (χ0) is 16.2. The van der Waals surface area contributed by atoms with Crippen molar-refractivity contribution in [3.8, 4) is 0 Å². The Balaban J connectivity index is 0.00000441. The Morgan fingerprint density at radius 3 is 2.45 bits per heavy atom. The number of nitro benzene ring substituents is 1.